The van der Waals surface area contributed by atoms with E-state index in [2.05, 4.69) is 14.7 Å². The average molecular weight is 301 g/mol. The van der Waals surface area contributed by atoms with Crippen LogP contribution < -0.4 is 4.72 Å². The number of nitrogens with one attached hydrogen (secondary N) is 2. The summed E-state index contributed by atoms with van der Waals surface area (Å²) in [6.07, 6.45) is 3.62. The van der Waals surface area contributed by atoms with E-state index < -0.39 is 16.0 Å². The van der Waals surface area contributed by atoms with Crippen LogP contribution in [0.25, 0.3) is 0 Å². The van der Waals surface area contributed by atoms with Crippen molar-refractivity contribution in [3.05, 3.63) is 34.5 Å². The van der Waals surface area contributed by atoms with Crippen molar-refractivity contribution in [1.82, 2.24) is 14.7 Å². The monoisotopic (exact) mass is 301 g/mol. The van der Waals surface area contributed by atoms with Crippen molar-refractivity contribution in [3.63, 3.8) is 0 Å². The van der Waals surface area contributed by atoms with E-state index in [1.54, 1.807) is 12.4 Å². The van der Waals surface area contributed by atoms with Crippen LogP contribution in [-0.2, 0) is 16.4 Å². The van der Waals surface area contributed by atoms with E-state index >= 15 is 0 Å². The van der Waals surface area contributed by atoms with Gasteiger partial charge in [-0.15, -0.1) is 11.3 Å². The van der Waals surface area contributed by atoms with Crippen LogP contribution in [-0.4, -0.2) is 36.0 Å². The molecule has 2 rings (SSSR count). The fourth-order valence-electron chi connectivity index (χ4n) is 1.48. The number of rotatable bonds is 6. The van der Waals surface area contributed by atoms with E-state index in [-0.39, 0.29) is 16.3 Å². The highest BCUT2D eigenvalue weighted by Crippen LogP contribution is 2.21. The molecule has 0 bridgehead atoms. The lowest BCUT2D eigenvalue weighted by molar-refractivity contribution is 0.0698. The highest BCUT2D eigenvalue weighted by atomic mass is 32.2. The summed E-state index contributed by atoms with van der Waals surface area (Å²) in [5, 5.41) is 10.3. The molecular weight excluding hydrogens is 290 g/mol. The zero-order valence-electron chi connectivity index (χ0n) is 9.66. The summed E-state index contributed by atoms with van der Waals surface area (Å²) in [7, 11) is -3.81. The van der Waals surface area contributed by atoms with Gasteiger partial charge in [0.2, 0.25) is 10.0 Å². The van der Waals surface area contributed by atoms with Gasteiger partial charge in [0.15, 0.2) is 0 Å². The summed E-state index contributed by atoms with van der Waals surface area (Å²) < 4.78 is 26.2. The van der Waals surface area contributed by atoms with Gasteiger partial charge in [0, 0.05) is 25.4 Å². The Morgan fingerprint density at radius 1 is 1.53 bits per heavy atom. The number of H-pyrrole nitrogens is 1. The van der Waals surface area contributed by atoms with E-state index in [0.29, 0.717) is 12.2 Å². The first-order valence-electron chi connectivity index (χ1n) is 5.29. The van der Waals surface area contributed by atoms with Gasteiger partial charge in [0.1, 0.15) is 15.6 Å². The van der Waals surface area contributed by atoms with E-state index in [1.807, 2.05) is 0 Å². The predicted molar refractivity (Wildman–Crippen MR) is 68.8 cm³/mol. The van der Waals surface area contributed by atoms with Gasteiger partial charge in [-0.1, -0.05) is 0 Å². The van der Waals surface area contributed by atoms with E-state index in [1.165, 1.54) is 11.4 Å². The number of carboxylic acid groups (broad SMARTS) is 1. The van der Waals surface area contributed by atoms with Crippen LogP contribution in [0.5, 0.6) is 0 Å². The molecule has 0 aliphatic heterocycles. The lowest BCUT2D eigenvalue weighted by Crippen LogP contribution is -2.27. The molecule has 0 amide bonds. The largest absolute Gasteiger partial charge is 0.477 e. The number of thiophene rings is 1. The van der Waals surface area contributed by atoms with Crippen LogP contribution in [0, 0.1) is 0 Å². The molecule has 7 nitrogen and oxygen atoms in total. The molecule has 0 saturated carbocycles. The fourth-order valence-corrected chi connectivity index (χ4v) is 3.77. The second-order valence-corrected chi connectivity index (χ2v) is 6.25. The van der Waals surface area contributed by atoms with Gasteiger partial charge in [0.25, 0.3) is 0 Å². The summed E-state index contributed by atoms with van der Waals surface area (Å²) in [5.74, 6) is -0.590. The second kappa shape index (κ2) is 5.51. The maximum Gasteiger partial charge on any atom is 0.347 e. The van der Waals surface area contributed by atoms with Crippen molar-refractivity contribution in [3.8, 4) is 0 Å². The van der Waals surface area contributed by atoms with E-state index in [9.17, 15) is 13.2 Å². The number of carbonyl (C=O) groups is 1. The van der Waals surface area contributed by atoms with Crippen molar-refractivity contribution >= 4 is 27.3 Å². The molecule has 0 saturated heterocycles. The minimum atomic E-state index is -3.81. The zero-order valence-corrected chi connectivity index (χ0v) is 11.3. The number of aromatic nitrogens is 2. The maximum atomic E-state index is 11.9. The molecule has 0 spiro atoms. The van der Waals surface area contributed by atoms with Crippen LogP contribution >= 0.6 is 11.3 Å². The Balaban J connectivity index is 2.06. The van der Waals surface area contributed by atoms with Gasteiger partial charge in [-0.25, -0.2) is 22.9 Å². The number of nitrogens with zero attached hydrogens (tertiary/aromatic N) is 1. The van der Waals surface area contributed by atoms with Gasteiger partial charge < -0.3 is 10.1 Å². The number of aromatic carboxylic acids is 1. The number of imidazole rings is 1. The van der Waals surface area contributed by atoms with Crippen LogP contribution in [0.2, 0.25) is 0 Å². The molecule has 3 N–H and O–H groups in total. The Morgan fingerprint density at radius 2 is 2.32 bits per heavy atom. The third-order valence-corrected chi connectivity index (χ3v) is 4.86. The molecule has 0 aromatic carbocycles. The summed E-state index contributed by atoms with van der Waals surface area (Å²) in [4.78, 5) is 17.3. The number of carboxylic acids is 1. The normalized spacial score (nSPS) is 11.6. The molecule has 0 aliphatic carbocycles. The fraction of sp³-hybridized carbons (Fsp3) is 0.200. The Hall–Kier alpha value is -1.71. The van der Waals surface area contributed by atoms with E-state index in [0.717, 1.165) is 11.3 Å². The smallest absolute Gasteiger partial charge is 0.347 e. The molecule has 2 heterocycles. The van der Waals surface area contributed by atoms with Crippen molar-refractivity contribution < 1.29 is 18.3 Å². The Bertz CT molecular complexity index is 661. The first-order chi connectivity index (χ1) is 9.00. The van der Waals surface area contributed by atoms with E-state index in [4.69, 9.17) is 5.11 Å². The molecule has 2 aromatic heterocycles. The van der Waals surface area contributed by atoms with Crippen LogP contribution in [0.3, 0.4) is 0 Å². The summed E-state index contributed by atoms with van der Waals surface area (Å²) >= 11 is 0.879. The summed E-state index contributed by atoms with van der Waals surface area (Å²) in [6.45, 7) is 0.144. The highest BCUT2D eigenvalue weighted by molar-refractivity contribution is 7.89. The SMILES string of the molecule is O=C(O)c1sccc1S(=O)(=O)NCCc1ncc[nH]1. The Kier molecular flexibility index (Phi) is 3.98. The molecule has 2 aromatic rings. The molecule has 0 unspecified atom stereocenters. The topological polar surface area (TPSA) is 112 Å². The zero-order chi connectivity index (χ0) is 13.9. The van der Waals surface area contributed by atoms with Gasteiger partial charge in [-0.05, 0) is 11.4 Å². The quantitative estimate of drug-likeness (QED) is 0.726. The third kappa shape index (κ3) is 3.19. The van der Waals surface area contributed by atoms with Crippen molar-refractivity contribution in [1.29, 1.82) is 0 Å². The molecule has 19 heavy (non-hydrogen) atoms. The lowest BCUT2D eigenvalue weighted by Gasteiger charge is -2.05. The standard InChI is InChI=1S/C10H11N3O4S2/c14-10(15)9-7(2-6-18-9)19(16,17)13-3-1-8-11-4-5-12-8/h2,4-6,13H,1,3H2,(H,11,12)(H,14,15). The van der Waals surface area contributed by atoms with Gasteiger partial charge >= 0.3 is 5.97 Å². The first-order valence-corrected chi connectivity index (χ1v) is 7.65. The minimum absolute atomic E-state index is 0.144. The van der Waals surface area contributed by atoms with Gasteiger partial charge in [-0.3, -0.25) is 0 Å². The average Bonchev–Trinajstić information content (AvgIpc) is 2.99. The molecule has 0 fully saturated rings. The highest BCUT2D eigenvalue weighted by Gasteiger charge is 2.23. The maximum absolute atomic E-state index is 11.9. The van der Waals surface area contributed by atoms with Gasteiger partial charge in [0.05, 0.1) is 0 Å². The molecule has 0 atom stereocenters. The summed E-state index contributed by atoms with van der Waals surface area (Å²) in [5.41, 5.74) is 0. The number of sulfonamides is 1. The predicted octanol–water partition coefficient (Wildman–Crippen LogP) is 0.690. The van der Waals surface area contributed by atoms with Crippen LogP contribution in [0.15, 0.2) is 28.7 Å². The third-order valence-electron chi connectivity index (χ3n) is 2.32. The molecular formula is C10H11N3O4S2. The number of hydrogen-bond acceptors (Lipinski definition) is 5. The lowest BCUT2D eigenvalue weighted by atomic mass is 10.4. The van der Waals surface area contributed by atoms with Gasteiger partial charge in [-0.2, -0.15) is 0 Å². The van der Waals surface area contributed by atoms with Crippen LogP contribution in [0.4, 0.5) is 0 Å². The molecule has 102 valence electrons. The molecule has 9 heteroatoms. The second-order valence-electron chi connectivity index (χ2n) is 3.60. The number of aromatic amines is 1. The molecule has 0 aliphatic rings. The van der Waals surface area contributed by atoms with Crippen molar-refractivity contribution in [2.24, 2.45) is 0 Å². The van der Waals surface area contributed by atoms with Crippen LogP contribution in [0.1, 0.15) is 15.5 Å². The number of hydrogen-bond donors (Lipinski definition) is 3. The Labute approximate surface area is 113 Å². The first kappa shape index (κ1) is 13.7. The summed E-state index contributed by atoms with van der Waals surface area (Å²) in [6, 6.07) is 1.28. The Morgan fingerprint density at radius 3 is 2.95 bits per heavy atom. The minimum Gasteiger partial charge on any atom is -0.477 e. The van der Waals surface area contributed by atoms with Crippen molar-refractivity contribution in [2.75, 3.05) is 6.54 Å². The molecule has 0 radical (unpaired) electrons. The van der Waals surface area contributed by atoms with Crippen molar-refractivity contribution in [2.45, 2.75) is 11.3 Å².